The van der Waals surface area contributed by atoms with Crippen molar-refractivity contribution in [1.82, 2.24) is 4.90 Å². The maximum absolute atomic E-state index is 11.7. The van der Waals surface area contributed by atoms with Gasteiger partial charge in [-0.15, -0.1) is 0 Å². The molecular weight excluding hydrogens is 228 g/mol. The third kappa shape index (κ3) is 5.12. The second kappa shape index (κ2) is 5.85. The maximum Gasteiger partial charge on any atom is 0.239 e. The van der Waals surface area contributed by atoms with Crippen molar-refractivity contribution in [1.29, 1.82) is 5.26 Å². The van der Waals surface area contributed by atoms with Gasteiger partial charge in [-0.25, -0.2) is 8.42 Å². The Morgan fingerprint density at radius 3 is 2.25 bits per heavy atom. The third-order valence-electron chi connectivity index (χ3n) is 2.25. The van der Waals surface area contributed by atoms with Crippen LogP contribution in [0.1, 0.15) is 13.8 Å². The number of carbonyl (C=O) groups excluding carboxylic acids is 1. The van der Waals surface area contributed by atoms with Crippen molar-refractivity contribution in [2.75, 3.05) is 25.6 Å². The lowest BCUT2D eigenvalue weighted by Gasteiger charge is -2.21. The molecular formula is C10H18N2O3S. The molecule has 0 rings (SSSR count). The monoisotopic (exact) mass is 246 g/mol. The van der Waals surface area contributed by atoms with Gasteiger partial charge in [0.05, 0.1) is 11.8 Å². The first-order valence-electron chi connectivity index (χ1n) is 5.01. The average Bonchev–Trinajstić information content (AvgIpc) is 2.13. The zero-order chi connectivity index (χ0) is 12.9. The quantitative estimate of drug-likeness (QED) is 0.698. The zero-order valence-electron chi connectivity index (χ0n) is 10.1. The first-order chi connectivity index (χ1) is 7.19. The van der Waals surface area contributed by atoms with E-state index < -0.39 is 15.8 Å². The minimum Gasteiger partial charge on any atom is -0.344 e. The van der Waals surface area contributed by atoms with Gasteiger partial charge < -0.3 is 4.90 Å². The number of sulfone groups is 1. The molecule has 0 spiro atoms. The average molecular weight is 246 g/mol. The molecule has 0 aromatic rings. The second-order valence-electron chi connectivity index (χ2n) is 4.24. The Balaban J connectivity index is 4.46. The summed E-state index contributed by atoms with van der Waals surface area (Å²) in [5.74, 6) is -1.17. The molecule has 92 valence electrons. The highest BCUT2D eigenvalue weighted by molar-refractivity contribution is 7.90. The van der Waals surface area contributed by atoms with Gasteiger partial charge in [0.15, 0.2) is 0 Å². The predicted molar refractivity (Wildman–Crippen MR) is 61.3 cm³/mol. The highest BCUT2D eigenvalue weighted by Crippen LogP contribution is 2.12. The highest BCUT2D eigenvalue weighted by atomic mass is 32.2. The molecule has 0 N–H and O–H groups in total. The van der Waals surface area contributed by atoms with Gasteiger partial charge in [-0.2, -0.15) is 5.26 Å². The van der Waals surface area contributed by atoms with Crippen LogP contribution in [0, 0.1) is 23.2 Å². The van der Waals surface area contributed by atoms with E-state index in [2.05, 4.69) is 0 Å². The molecule has 6 heteroatoms. The number of nitriles is 1. The van der Waals surface area contributed by atoms with Crippen molar-refractivity contribution in [3.8, 4) is 6.07 Å². The summed E-state index contributed by atoms with van der Waals surface area (Å²) in [5, 5.41) is 8.83. The second-order valence-corrected chi connectivity index (χ2v) is 6.50. The molecule has 0 bridgehead atoms. The molecule has 1 unspecified atom stereocenters. The topological polar surface area (TPSA) is 78.2 Å². The lowest BCUT2D eigenvalue weighted by molar-refractivity contribution is -0.133. The predicted octanol–water partition coefficient (Wildman–Crippen LogP) is 0.285. The van der Waals surface area contributed by atoms with E-state index in [9.17, 15) is 13.2 Å². The number of nitrogens with zero attached hydrogens (tertiary/aromatic N) is 2. The van der Waals surface area contributed by atoms with Gasteiger partial charge in [-0.05, 0) is 5.92 Å². The molecule has 0 aliphatic carbocycles. The van der Waals surface area contributed by atoms with Crippen LogP contribution in [0.25, 0.3) is 0 Å². The standard InChI is InChI=1S/C10H18N2O3S/c1-8(2)9(7-11)10(13)12(3)5-6-16(4,14)15/h8-9H,5-6H2,1-4H3. The molecule has 1 amide bonds. The number of hydrogen-bond acceptors (Lipinski definition) is 4. The summed E-state index contributed by atoms with van der Waals surface area (Å²) >= 11 is 0. The molecule has 16 heavy (non-hydrogen) atoms. The van der Waals surface area contributed by atoms with Crippen LogP contribution >= 0.6 is 0 Å². The van der Waals surface area contributed by atoms with E-state index in [1.807, 2.05) is 6.07 Å². The lowest BCUT2D eigenvalue weighted by atomic mass is 9.96. The van der Waals surface area contributed by atoms with Crippen LogP contribution < -0.4 is 0 Å². The zero-order valence-corrected chi connectivity index (χ0v) is 10.9. The molecule has 0 saturated carbocycles. The number of hydrogen-bond donors (Lipinski definition) is 0. The van der Waals surface area contributed by atoms with E-state index in [1.165, 1.54) is 11.9 Å². The molecule has 0 aliphatic heterocycles. The first-order valence-corrected chi connectivity index (χ1v) is 7.07. The first kappa shape index (κ1) is 14.9. The highest BCUT2D eigenvalue weighted by Gasteiger charge is 2.25. The molecule has 5 nitrogen and oxygen atoms in total. The summed E-state index contributed by atoms with van der Waals surface area (Å²) in [6.07, 6.45) is 1.12. The van der Waals surface area contributed by atoms with E-state index in [0.717, 1.165) is 6.26 Å². The summed E-state index contributed by atoms with van der Waals surface area (Å²) in [5.41, 5.74) is 0. The van der Waals surface area contributed by atoms with Crippen LogP contribution in [0.4, 0.5) is 0 Å². The Bertz CT molecular complexity index is 381. The van der Waals surface area contributed by atoms with Gasteiger partial charge in [0, 0.05) is 19.8 Å². The Hall–Kier alpha value is -1.09. The molecule has 1 atom stereocenters. The van der Waals surface area contributed by atoms with E-state index in [1.54, 1.807) is 13.8 Å². The minimum absolute atomic E-state index is 0.0711. The van der Waals surface area contributed by atoms with Crippen molar-refractivity contribution in [2.45, 2.75) is 13.8 Å². The van der Waals surface area contributed by atoms with Gasteiger partial charge in [-0.3, -0.25) is 4.79 Å². The Kier molecular flexibility index (Phi) is 5.45. The number of amides is 1. The van der Waals surface area contributed by atoms with Gasteiger partial charge >= 0.3 is 0 Å². The van der Waals surface area contributed by atoms with Crippen LogP contribution in [0.5, 0.6) is 0 Å². The Labute approximate surface area is 97.0 Å². The molecule has 0 aliphatic rings. The summed E-state index contributed by atoms with van der Waals surface area (Å²) < 4.78 is 21.9. The Morgan fingerprint density at radius 1 is 1.44 bits per heavy atom. The van der Waals surface area contributed by atoms with Gasteiger partial charge in [0.2, 0.25) is 5.91 Å². The summed E-state index contributed by atoms with van der Waals surface area (Å²) in [7, 11) is -1.57. The SMILES string of the molecule is CC(C)C(C#N)C(=O)N(C)CCS(C)(=O)=O. The third-order valence-corrected chi connectivity index (χ3v) is 3.17. The minimum atomic E-state index is -3.08. The van der Waals surface area contributed by atoms with E-state index >= 15 is 0 Å². The molecule has 0 aromatic heterocycles. The van der Waals surface area contributed by atoms with Crippen molar-refractivity contribution < 1.29 is 13.2 Å². The van der Waals surface area contributed by atoms with Crippen LogP contribution in [0.2, 0.25) is 0 Å². The van der Waals surface area contributed by atoms with Crippen LogP contribution in [0.3, 0.4) is 0 Å². The van der Waals surface area contributed by atoms with Crippen LogP contribution in [-0.2, 0) is 14.6 Å². The fourth-order valence-electron chi connectivity index (χ4n) is 1.14. The smallest absolute Gasteiger partial charge is 0.239 e. The van der Waals surface area contributed by atoms with Crippen molar-refractivity contribution in [3.05, 3.63) is 0 Å². The molecule has 0 radical (unpaired) electrons. The molecule has 0 saturated heterocycles. The largest absolute Gasteiger partial charge is 0.344 e. The van der Waals surface area contributed by atoms with Crippen molar-refractivity contribution in [2.24, 2.45) is 11.8 Å². The van der Waals surface area contributed by atoms with Gasteiger partial charge in [-0.1, -0.05) is 13.8 Å². The van der Waals surface area contributed by atoms with Crippen molar-refractivity contribution in [3.63, 3.8) is 0 Å². The number of rotatable bonds is 5. The van der Waals surface area contributed by atoms with Crippen LogP contribution in [0.15, 0.2) is 0 Å². The van der Waals surface area contributed by atoms with Gasteiger partial charge in [0.25, 0.3) is 0 Å². The summed E-state index contributed by atoms with van der Waals surface area (Å²) in [6.45, 7) is 3.70. The van der Waals surface area contributed by atoms with Crippen molar-refractivity contribution >= 4 is 15.7 Å². The lowest BCUT2D eigenvalue weighted by Crippen LogP contribution is -2.37. The summed E-state index contributed by atoms with van der Waals surface area (Å²) in [6, 6.07) is 1.94. The normalized spacial score (nSPS) is 13.2. The molecule has 0 aromatic carbocycles. The number of carbonyl (C=O) groups is 1. The fraction of sp³-hybridized carbons (Fsp3) is 0.800. The van der Waals surface area contributed by atoms with E-state index in [-0.39, 0.29) is 24.1 Å². The molecule has 0 fully saturated rings. The van der Waals surface area contributed by atoms with Crippen LogP contribution in [-0.4, -0.2) is 44.8 Å². The fourth-order valence-corrected chi connectivity index (χ4v) is 1.75. The molecule has 0 heterocycles. The Morgan fingerprint density at radius 2 is 1.94 bits per heavy atom. The maximum atomic E-state index is 11.7. The van der Waals surface area contributed by atoms with E-state index in [4.69, 9.17) is 5.26 Å². The van der Waals surface area contributed by atoms with Gasteiger partial charge in [0.1, 0.15) is 15.8 Å². The van der Waals surface area contributed by atoms with E-state index in [0.29, 0.717) is 0 Å². The summed E-state index contributed by atoms with van der Waals surface area (Å²) in [4.78, 5) is 13.0.